The van der Waals surface area contributed by atoms with E-state index in [1.165, 1.54) is 0 Å². The molecule has 0 amide bonds. The van der Waals surface area contributed by atoms with Gasteiger partial charge in [-0.3, -0.25) is 0 Å². The fourth-order valence-corrected chi connectivity index (χ4v) is 1.74. The molecule has 0 saturated heterocycles. The second-order valence-corrected chi connectivity index (χ2v) is 4.48. The average Bonchev–Trinajstić information content (AvgIpc) is 2.69. The van der Waals surface area contributed by atoms with Gasteiger partial charge in [0.15, 0.2) is 5.82 Å². The van der Waals surface area contributed by atoms with Crippen molar-refractivity contribution in [3.05, 3.63) is 53.1 Å². The van der Waals surface area contributed by atoms with Gasteiger partial charge in [0, 0.05) is 16.4 Å². The van der Waals surface area contributed by atoms with Crippen molar-refractivity contribution < 1.29 is 0 Å². The molecule has 3 nitrogen and oxygen atoms in total. The van der Waals surface area contributed by atoms with Crippen molar-refractivity contribution in [1.82, 2.24) is 4.57 Å². The van der Waals surface area contributed by atoms with Gasteiger partial charge in [-0.2, -0.15) is 0 Å². The number of halogens is 1. The molecule has 4 heteroatoms. The predicted molar refractivity (Wildman–Crippen MR) is 73.9 cm³/mol. The summed E-state index contributed by atoms with van der Waals surface area (Å²) in [6.07, 6.45) is 1.73. The Morgan fingerprint density at radius 3 is 2.47 bits per heavy atom. The first-order valence-corrected chi connectivity index (χ1v) is 5.97. The second-order valence-electron chi connectivity index (χ2n) is 3.56. The fraction of sp³-hybridized carbons (Fsp3) is 0.0769. The van der Waals surface area contributed by atoms with Gasteiger partial charge >= 0.3 is 0 Å². The van der Waals surface area contributed by atoms with Crippen LogP contribution in [-0.2, 0) is 0 Å². The van der Waals surface area contributed by atoms with Gasteiger partial charge in [-0.25, -0.2) is 0 Å². The first-order valence-electron chi connectivity index (χ1n) is 5.18. The molecule has 0 N–H and O–H groups in total. The maximum Gasteiger partial charge on any atom is 0.159 e. The summed E-state index contributed by atoms with van der Waals surface area (Å²) < 4.78 is 2.92. The van der Waals surface area contributed by atoms with E-state index in [4.69, 9.17) is 0 Å². The highest BCUT2D eigenvalue weighted by Crippen LogP contribution is 2.22. The van der Waals surface area contributed by atoms with Crippen LogP contribution in [0.25, 0.3) is 6.20 Å². The summed E-state index contributed by atoms with van der Waals surface area (Å²) in [6, 6.07) is 11.6. The Morgan fingerprint density at radius 2 is 1.82 bits per heavy atom. The molecule has 1 aromatic carbocycles. The van der Waals surface area contributed by atoms with E-state index in [-0.39, 0.29) is 0 Å². The van der Waals surface area contributed by atoms with Crippen molar-refractivity contribution in [1.29, 1.82) is 0 Å². The minimum absolute atomic E-state index is 0.778. The molecule has 0 aliphatic heterocycles. The molecule has 0 fully saturated rings. The molecule has 0 saturated carbocycles. The highest BCUT2D eigenvalue weighted by Gasteiger charge is 2.00. The van der Waals surface area contributed by atoms with E-state index in [9.17, 15) is 0 Å². The van der Waals surface area contributed by atoms with Gasteiger partial charge in [0.05, 0.1) is 5.69 Å². The van der Waals surface area contributed by atoms with E-state index in [1.807, 2.05) is 47.9 Å². The minimum Gasteiger partial charge on any atom is -0.305 e. The van der Waals surface area contributed by atoms with Crippen LogP contribution >= 0.6 is 15.9 Å². The quantitative estimate of drug-likeness (QED) is 0.706. The normalized spacial score (nSPS) is 10.9. The number of rotatable bonds is 3. The lowest BCUT2D eigenvalue weighted by molar-refractivity contribution is 1.04. The number of hydrogen-bond acceptors (Lipinski definition) is 2. The SMILES string of the molecule is C=Cn1c(C)ccc1N=Nc1ccc(Br)cc1. The maximum atomic E-state index is 4.20. The van der Waals surface area contributed by atoms with E-state index in [0.29, 0.717) is 0 Å². The fourth-order valence-electron chi connectivity index (χ4n) is 1.47. The maximum absolute atomic E-state index is 4.20. The molecule has 0 aliphatic rings. The molecule has 1 aromatic heterocycles. The van der Waals surface area contributed by atoms with Crippen molar-refractivity contribution >= 4 is 33.6 Å². The Bertz CT molecular complexity index is 553. The zero-order valence-corrected chi connectivity index (χ0v) is 11.1. The summed E-state index contributed by atoms with van der Waals surface area (Å²) in [5, 5.41) is 8.37. The number of hydrogen-bond donors (Lipinski definition) is 0. The molecular weight excluding hydrogens is 278 g/mol. The Morgan fingerprint density at radius 1 is 1.12 bits per heavy atom. The van der Waals surface area contributed by atoms with Crippen LogP contribution in [0, 0.1) is 6.92 Å². The van der Waals surface area contributed by atoms with Crippen LogP contribution < -0.4 is 0 Å². The molecule has 0 bridgehead atoms. The third-order valence-corrected chi connectivity index (χ3v) is 2.91. The summed E-state index contributed by atoms with van der Waals surface area (Å²) >= 11 is 3.38. The summed E-state index contributed by atoms with van der Waals surface area (Å²) in [7, 11) is 0. The topological polar surface area (TPSA) is 29.6 Å². The second kappa shape index (κ2) is 5.10. The largest absolute Gasteiger partial charge is 0.305 e. The van der Waals surface area contributed by atoms with E-state index >= 15 is 0 Å². The standard InChI is InChI=1S/C13H12BrN3/c1-3-17-10(2)4-9-13(17)16-15-12-7-5-11(14)6-8-12/h3-9H,1H2,2H3. The number of aromatic nitrogens is 1. The highest BCUT2D eigenvalue weighted by atomic mass is 79.9. The molecule has 2 rings (SSSR count). The van der Waals surface area contributed by atoms with E-state index in [1.54, 1.807) is 6.20 Å². The summed E-state index contributed by atoms with van der Waals surface area (Å²) in [5.74, 6) is 0.778. The van der Waals surface area contributed by atoms with Crippen molar-refractivity contribution in [3.8, 4) is 0 Å². The lowest BCUT2D eigenvalue weighted by Crippen LogP contribution is -1.85. The zero-order valence-electron chi connectivity index (χ0n) is 9.47. The molecule has 1 heterocycles. The van der Waals surface area contributed by atoms with Gasteiger partial charge < -0.3 is 4.57 Å². The summed E-state index contributed by atoms with van der Waals surface area (Å²) in [4.78, 5) is 0. The number of azo groups is 1. The van der Waals surface area contributed by atoms with E-state index in [0.717, 1.165) is 21.7 Å². The molecule has 17 heavy (non-hydrogen) atoms. The number of aryl methyl sites for hydroxylation is 1. The van der Waals surface area contributed by atoms with Gasteiger partial charge in [0.1, 0.15) is 0 Å². The Balaban J connectivity index is 2.25. The van der Waals surface area contributed by atoms with Crippen molar-refractivity contribution in [3.63, 3.8) is 0 Å². The molecule has 0 radical (unpaired) electrons. The number of benzene rings is 1. The minimum atomic E-state index is 0.778. The van der Waals surface area contributed by atoms with Crippen LogP contribution in [0.15, 0.2) is 57.7 Å². The molecule has 86 valence electrons. The van der Waals surface area contributed by atoms with Crippen LogP contribution in [0.5, 0.6) is 0 Å². The van der Waals surface area contributed by atoms with Crippen molar-refractivity contribution in [2.24, 2.45) is 10.2 Å². The monoisotopic (exact) mass is 289 g/mol. The van der Waals surface area contributed by atoms with Crippen LogP contribution in [0.4, 0.5) is 11.5 Å². The highest BCUT2D eigenvalue weighted by molar-refractivity contribution is 9.10. The van der Waals surface area contributed by atoms with Crippen LogP contribution in [0.1, 0.15) is 5.69 Å². The molecule has 0 spiro atoms. The molecule has 0 unspecified atom stereocenters. The summed E-state index contributed by atoms with van der Waals surface area (Å²) in [6.45, 7) is 5.75. The van der Waals surface area contributed by atoms with Crippen molar-refractivity contribution in [2.75, 3.05) is 0 Å². The van der Waals surface area contributed by atoms with Gasteiger partial charge in [0.2, 0.25) is 0 Å². The van der Waals surface area contributed by atoms with E-state index in [2.05, 4.69) is 32.7 Å². The molecule has 2 aromatic rings. The van der Waals surface area contributed by atoms with Crippen LogP contribution in [-0.4, -0.2) is 4.57 Å². The first kappa shape index (κ1) is 11.8. The Kier molecular flexibility index (Phi) is 3.54. The van der Waals surface area contributed by atoms with Crippen LogP contribution in [0.2, 0.25) is 0 Å². The van der Waals surface area contributed by atoms with Crippen molar-refractivity contribution in [2.45, 2.75) is 6.92 Å². The Labute approximate surface area is 109 Å². The lowest BCUT2D eigenvalue weighted by atomic mass is 10.3. The van der Waals surface area contributed by atoms with Crippen LogP contribution in [0.3, 0.4) is 0 Å². The lowest BCUT2D eigenvalue weighted by Gasteiger charge is -1.99. The molecular formula is C13H12BrN3. The number of nitrogens with zero attached hydrogens (tertiary/aromatic N) is 3. The smallest absolute Gasteiger partial charge is 0.159 e. The average molecular weight is 290 g/mol. The van der Waals surface area contributed by atoms with Gasteiger partial charge in [-0.15, -0.1) is 10.2 Å². The third kappa shape index (κ3) is 2.71. The first-order chi connectivity index (χ1) is 8.20. The predicted octanol–water partition coefficient (Wildman–Crippen LogP) is 5.07. The molecule has 0 atom stereocenters. The van der Waals surface area contributed by atoms with Gasteiger partial charge in [0.25, 0.3) is 0 Å². The zero-order chi connectivity index (χ0) is 12.3. The van der Waals surface area contributed by atoms with Gasteiger partial charge in [-0.05, 0) is 43.3 Å². The van der Waals surface area contributed by atoms with E-state index < -0.39 is 0 Å². The Hall–Kier alpha value is -1.68. The molecule has 0 aliphatic carbocycles. The van der Waals surface area contributed by atoms with Gasteiger partial charge in [-0.1, -0.05) is 22.5 Å². The summed E-state index contributed by atoms with van der Waals surface area (Å²) in [5.41, 5.74) is 1.91. The third-order valence-electron chi connectivity index (χ3n) is 2.38.